The number of hydrogen-bond donors (Lipinski definition) is 2. The Hall–Kier alpha value is -0.650. The van der Waals surface area contributed by atoms with Crippen LogP contribution in [0.15, 0.2) is 0 Å². The minimum Gasteiger partial charge on any atom is -0.387 e. The van der Waals surface area contributed by atoms with E-state index in [-0.39, 0.29) is 5.91 Å². The van der Waals surface area contributed by atoms with Crippen molar-refractivity contribution in [2.24, 2.45) is 0 Å². The molecule has 0 saturated carbocycles. The Bertz CT molecular complexity index is 240. The minimum absolute atomic E-state index is 0.0275. The first-order valence-corrected chi connectivity index (χ1v) is 6.30. The molecule has 0 bridgehead atoms. The number of nitrogens with zero attached hydrogens (tertiary/aromatic N) is 1. The van der Waals surface area contributed by atoms with Crippen molar-refractivity contribution in [1.29, 1.82) is 0 Å². The zero-order chi connectivity index (χ0) is 12.7. The molecule has 17 heavy (non-hydrogen) atoms. The highest BCUT2D eigenvalue weighted by Gasteiger charge is 2.40. The van der Waals surface area contributed by atoms with Crippen LogP contribution in [0, 0.1) is 0 Å². The average molecular weight is 244 g/mol. The van der Waals surface area contributed by atoms with Crippen LogP contribution in [-0.4, -0.2) is 61.4 Å². The van der Waals surface area contributed by atoms with Gasteiger partial charge in [-0.15, -0.1) is 0 Å². The van der Waals surface area contributed by atoms with Gasteiger partial charge in [0.1, 0.15) is 0 Å². The van der Waals surface area contributed by atoms with Gasteiger partial charge in [-0.05, 0) is 12.8 Å². The molecule has 0 aliphatic carbocycles. The molecule has 0 aromatic rings. The standard InChI is InChI=1S/C12H24N2O3/c1-3-5-12(16)9-14(10-12)8-11(15)13-6-4-7-17-2/h16H,3-10H2,1-2H3,(H,13,15). The molecule has 0 spiro atoms. The zero-order valence-corrected chi connectivity index (χ0v) is 10.9. The second kappa shape index (κ2) is 6.93. The summed E-state index contributed by atoms with van der Waals surface area (Å²) < 4.78 is 4.90. The molecule has 0 atom stereocenters. The molecule has 0 aromatic carbocycles. The highest BCUT2D eigenvalue weighted by atomic mass is 16.5. The Morgan fingerprint density at radius 3 is 2.82 bits per heavy atom. The summed E-state index contributed by atoms with van der Waals surface area (Å²) in [6, 6.07) is 0. The summed E-state index contributed by atoms with van der Waals surface area (Å²) in [5, 5.41) is 12.8. The van der Waals surface area contributed by atoms with Crippen molar-refractivity contribution in [3.05, 3.63) is 0 Å². The van der Waals surface area contributed by atoms with E-state index in [0.717, 1.165) is 19.3 Å². The van der Waals surface area contributed by atoms with E-state index in [2.05, 4.69) is 12.2 Å². The molecule has 5 nitrogen and oxygen atoms in total. The number of carbonyl (C=O) groups is 1. The lowest BCUT2D eigenvalue weighted by Gasteiger charge is -2.46. The van der Waals surface area contributed by atoms with Crippen molar-refractivity contribution in [3.8, 4) is 0 Å². The maximum atomic E-state index is 11.5. The van der Waals surface area contributed by atoms with Gasteiger partial charge >= 0.3 is 0 Å². The van der Waals surface area contributed by atoms with Crippen LogP contribution in [-0.2, 0) is 9.53 Å². The smallest absolute Gasteiger partial charge is 0.234 e. The van der Waals surface area contributed by atoms with Crippen LogP contribution in [0.2, 0.25) is 0 Å². The third kappa shape index (κ3) is 5.02. The van der Waals surface area contributed by atoms with E-state index in [1.54, 1.807) is 7.11 Å². The molecule has 0 aromatic heterocycles. The van der Waals surface area contributed by atoms with Crippen LogP contribution in [0.4, 0.5) is 0 Å². The van der Waals surface area contributed by atoms with E-state index in [9.17, 15) is 9.90 Å². The number of β-amino-alcohol motifs (C(OH)–C–C–N with tert-alkyl or cyclic N) is 1. The SMILES string of the molecule is CCCC1(O)CN(CC(=O)NCCCOC)C1. The van der Waals surface area contributed by atoms with Gasteiger partial charge in [0.2, 0.25) is 5.91 Å². The highest BCUT2D eigenvalue weighted by molar-refractivity contribution is 5.78. The number of carbonyl (C=O) groups excluding carboxylic acids is 1. The van der Waals surface area contributed by atoms with Gasteiger partial charge in [-0.2, -0.15) is 0 Å². The third-order valence-corrected chi connectivity index (χ3v) is 2.97. The van der Waals surface area contributed by atoms with Gasteiger partial charge in [-0.1, -0.05) is 13.3 Å². The first kappa shape index (κ1) is 14.4. The van der Waals surface area contributed by atoms with Crippen molar-refractivity contribution in [2.45, 2.75) is 31.8 Å². The Kier molecular flexibility index (Phi) is 5.88. The largest absolute Gasteiger partial charge is 0.387 e. The van der Waals surface area contributed by atoms with Gasteiger partial charge in [-0.25, -0.2) is 0 Å². The van der Waals surface area contributed by atoms with Crippen molar-refractivity contribution in [3.63, 3.8) is 0 Å². The maximum Gasteiger partial charge on any atom is 0.234 e. The maximum absolute atomic E-state index is 11.5. The zero-order valence-electron chi connectivity index (χ0n) is 10.9. The molecule has 1 aliphatic rings. The molecular weight excluding hydrogens is 220 g/mol. The van der Waals surface area contributed by atoms with Gasteiger partial charge in [0.05, 0.1) is 12.1 Å². The fraction of sp³-hybridized carbons (Fsp3) is 0.917. The predicted molar refractivity (Wildman–Crippen MR) is 65.8 cm³/mol. The van der Waals surface area contributed by atoms with Gasteiger partial charge < -0.3 is 15.2 Å². The van der Waals surface area contributed by atoms with Crippen molar-refractivity contribution in [1.82, 2.24) is 10.2 Å². The van der Waals surface area contributed by atoms with Gasteiger partial charge in [0.15, 0.2) is 0 Å². The summed E-state index contributed by atoms with van der Waals surface area (Å²) in [6.45, 7) is 5.00. The fourth-order valence-electron chi connectivity index (χ4n) is 2.22. The van der Waals surface area contributed by atoms with Crippen LogP contribution in [0.25, 0.3) is 0 Å². The average Bonchev–Trinajstić information content (AvgIpc) is 2.23. The lowest BCUT2D eigenvalue weighted by molar-refractivity contribution is -0.133. The molecule has 1 aliphatic heterocycles. The van der Waals surface area contributed by atoms with Crippen LogP contribution in [0.1, 0.15) is 26.2 Å². The Labute approximate surface area is 103 Å². The first-order valence-electron chi connectivity index (χ1n) is 6.30. The lowest BCUT2D eigenvalue weighted by Crippen LogP contribution is -2.63. The molecule has 1 amide bonds. The normalized spacial score (nSPS) is 18.8. The van der Waals surface area contributed by atoms with E-state index in [1.165, 1.54) is 0 Å². The Balaban J connectivity index is 2.05. The number of amides is 1. The number of aliphatic hydroxyl groups is 1. The summed E-state index contributed by atoms with van der Waals surface area (Å²) in [5.41, 5.74) is -0.551. The first-order chi connectivity index (χ1) is 8.09. The minimum atomic E-state index is -0.551. The number of methoxy groups -OCH3 is 1. The Morgan fingerprint density at radius 2 is 2.24 bits per heavy atom. The number of hydrogen-bond acceptors (Lipinski definition) is 4. The third-order valence-electron chi connectivity index (χ3n) is 2.97. The van der Waals surface area contributed by atoms with Crippen LogP contribution < -0.4 is 5.32 Å². The van der Waals surface area contributed by atoms with Crippen molar-refractivity contribution < 1.29 is 14.6 Å². The van der Waals surface area contributed by atoms with E-state index < -0.39 is 5.60 Å². The summed E-state index contributed by atoms with van der Waals surface area (Å²) in [6.07, 6.45) is 2.63. The number of ether oxygens (including phenoxy) is 1. The van der Waals surface area contributed by atoms with Crippen LogP contribution in [0.5, 0.6) is 0 Å². The summed E-state index contributed by atoms with van der Waals surface area (Å²) in [7, 11) is 1.65. The fourth-order valence-corrected chi connectivity index (χ4v) is 2.22. The summed E-state index contributed by atoms with van der Waals surface area (Å²) >= 11 is 0. The van der Waals surface area contributed by atoms with Gasteiger partial charge in [-0.3, -0.25) is 9.69 Å². The van der Waals surface area contributed by atoms with Gasteiger partial charge in [0, 0.05) is 33.4 Å². The highest BCUT2D eigenvalue weighted by Crippen LogP contribution is 2.24. The molecule has 1 rings (SSSR count). The number of rotatable bonds is 8. The Morgan fingerprint density at radius 1 is 1.53 bits per heavy atom. The molecular formula is C12H24N2O3. The van der Waals surface area contributed by atoms with E-state index in [0.29, 0.717) is 32.8 Å². The number of nitrogens with one attached hydrogen (secondary N) is 1. The molecule has 1 heterocycles. The second-order valence-corrected chi connectivity index (χ2v) is 4.82. The molecule has 2 N–H and O–H groups in total. The van der Waals surface area contributed by atoms with E-state index in [4.69, 9.17) is 4.74 Å². The second-order valence-electron chi connectivity index (χ2n) is 4.82. The van der Waals surface area contributed by atoms with Crippen LogP contribution in [0.3, 0.4) is 0 Å². The number of likely N-dealkylation sites (tertiary alicyclic amines) is 1. The van der Waals surface area contributed by atoms with Crippen molar-refractivity contribution in [2.75, 3.05) is 39.9 Å². The quantitative estimate of drug-likeness (QED) is 0.589. The molecule has 100 valence electrons. The van der Waals surface area contributed by atoms with E-state index in [1.807, 2.05) is 4.90 Å². The monoisotopic (exact) mass is 244 g/mol. The van der Waals surface area contributed by atoms with Crippen LogP contribution >= 0.6 is 0 Å². The molecule has 0 unspecified atom stereocenters. The molecule has 0 radical (unpaired) electrons. The summed E-state index contributed by atoms with van der Waals surface area (Å²) in [4.78, 5) is 13.5. The molecule has 1 fully saturated rings. The van der Waals surface area contributed by atoms with Gasteiger partial charge in [0.25, 0.3) is 0 Å². The van der Waals surface area contributed by atoms with Crippen molar-refractivity contribution >= 4 is 5.91 Å². The predicted octanol–water partition coefficient (Wildman–Crippen LogP) is -0.0141. The molecule has 5 heteroatoms. The summed E-state index contributed by atoms with van der Waals surface area (Å²) in [5.74, 6) is 0.0275. The lowest BCUT2D eigenvalue weighted by atomic mass is 9.89. The van der Waals surface area contributed by atoms with E-state index >= 15 is 0 Å². The topological polar surface area (TPSA) is 61.8 Å². The molecule has 1 saturated heterocycles.